The van der Waals surface area contributed by atoms with Gasteiger partial charge >= 0.3 is 0 Å². The Morgan fingerprint density at radius 2 is 2.06 bits per heavy atom. The third-order valence-electron chi connectivity index (χ3n) is 2.84. The van der Waals surface area contributed by atoms with Crippen LogP contribution in [0.2, 0.25) is 0 Å². The van der Waals surface area contributed by atoms with Gasteiger partial charge < -0.3 is 5.11 Å². The highest BCUT2D eigenvalue weighted by Crippen LogP contribution is 2.27. The summed E-state index contributed by atoms with van der Waals surface area (Å²) in [7, 11) is 1.90. The molecule has 0 radical (unpaired) electrons. The molecule has 0 amide bonds. The highest BCUT2D eigenvalue weighted by atomic mass is 16.3. The maximum absolute atomic E-state index is 10.1. The zero-order valence-corrected chi connectivity index (χ0v) is 11.1. The first-order valence-corrected chi connectivity index (χ1v) is 6.04. The van der Waals surface area contributed by atoms with Crippen LogP contribution >= 0.6 is 0 Å². The molecule has 1 atom stereocenters. The fourth-order valence-electron chi connectivity index (χ4n) is 1.75. The van der Waals surface area contributed by atoms with Crippen LogP contribution in [0.25, 0.3) is 0 Å². The van der Waals surface area contributed by atoms with E-state index in [9.17, 15) is 5.11 Å². The molecule has 0 bridgehead atoms. The van der Waals surface area contributed by atoms with Gasteiger partial charge in [0.2, 0.25) is 0 Å². The summed E-state index contributed by atoms with van der Waals surface area (Å²) in [5, 5.41) is 14.5. The minimum Gasteiger partial charge on any atom is -0.387 e. The van der Waals surface area contributed by atoms with Crippen LogP contribution in [0.3, 0.4) is 0 Å². The van der Waals surface area contributed by atoms with Gasteiger partial charge in [-0.3, -0.25) is 4.68 Å². The second kappa shape index (κ2) is 5.00. The molecule has 1 rings (SSSR count). The van der Waals surface area contributed by atoms with Crippen molar-refractivity contribution < 1.29 is 5.11 Å². The van der Waals surface area contributed by atoms with Crippen molar-refractivity contribution in [3.8, 4) is 0 Å². The molecule has 16 heavy (non-hydrogen) atoms. The van der Waals surface area contributed by atoms with Gasteiger partial charge in [-0.25, -0.2) is 0 Å². The van der Waals surface area contributed by atoms with E-state index in [-0.39, 0.29) is 5.41 Å². The van der Waals surface area contributed by atoms with Crippen molar-refractivity contribution in [3.05, 3.63) is 17.5 Å². The quantitative estimate of drug-likeness (QED) is 0.854. The molecule has 1 N–H and O–H groups in total. The highest BCUT2D eigenvalue weighted by molar-refractivity contribution is 5.12. The molecule has 0 aliphatic rings. The minimum atomic E-state index is -0.392. The highest BCUT2D eigenvalue weighted by Gasteiger charge is 2.17. The van der Waals surface area contributed by atoms with Gasteiger partial charge in [0.25, 0.3) is 0 Å². The van der Waals surface area contributed by atoms with E-state index < -0.39 is 6.10 Å². The molecule has 0 aliphatic heterocycles. The number of rotatable bonds is 4. The standard InChI is InChI=1S/C13H24N2O/c1-6-10-9-11(15(5)14-10)12(16)7-8-13(2,3)4/h9,12,16H,6-8H2,1-5H3. The average Bonchev–Trinajstić information content (AvgIpc) is 2.55. The van der Waals surface area contributed by atoms with Crippen LogP contribution in [-0.4, -0.2) is 14.9 Å². The van der Waals surface area contributed by atoms with Crippen molar-refractivity contribution in [1.82, 2.24) is 9.78 Å². The molecule has 0 saturated heterocycles. The first kappa shape index (κ1) is 13.2. The molecule has 1 heterocycles. The van der Waals surface area contributed by atoms with Crippen LogP contribution < -0.4 is 0 Å². The Kier molecular flexibility index (Phi) is 4.14. The van der Waals surface area contributed by atoms with E-state index in [0.29, 0.717) is 0 Å². The summed E-state index contributed by atoms with van der Waals surface area (Å²) in [5.74, 6) is 0. The first-order valence-electron chi connectivity index (χ1n) is 6.04. The summed E-state index contributed by atoms with van der Waals surface area (Å²) in [6.07, 6.45) is 2.34. The molecule has 3 nitrogen and oxygen atoms in total. The number of aromatic nitrogens is 2. The molecule has 3 heteroatoms. The van der Waals surface area contributed by atoms with E-state index in [1.165, 1.54) is 0 Å². The van der Waals surface area contributed by atoms with E-state index in [1.807, 2.05) is 13.1 Å². The summed E-state index contributed by atoms with van der Waals surface area (Å²) in [6, 6.07) is 2.01. The molecule has 1 aromatic heterocycles. The summed E-state index contributed by atoms with van der Waals surface area (Å²) in [5.41, 5.74) is 2.25. The number of aliphatic hydroxyl groups is 1. The van der Waals surface area contributed by atoms with Crippen molar-refractivity contribution in [2.45, 2.75) is 53.1 Å². The van der Waals surface area contributed by atoms with E-state index in [1.54, 1.807) is 4.68 Å². The maximum Gasteiger partial charge on any atom is 0.0956 e. The van der Waals surface area contributed by atoms with Gasteiger partial charge in [0.15, 0.2) is 0 Å². The van der Waals surface area contributed by atoms with Gasteiger partial charge in [0, 0.05) is 7.05 Å². The largest absolute Gasteiger partial charge is 0.387 e. The molecule has 0 spiro atoms. The Balaban J connectivity index is 2.65. The number of aryl methyl sites for hydroxylation is 2. The van der Waals surface area contributed by atoms with Gasteiger partial charge in [0.05, 0.1) is 17.5 Å². The van der Waals surface area contributed by atoms with E-state index in [2.05, 4.69) is 32.8 Å². The van der Waals surface area contributed by atoms with Gasteiger partial charge in [-0.2, -0.15) is 5.10 Å². The third kappa shape index (κ3) is 3.63. The lowest BCUT2D eigenvalue weighted by atomic mass is 9.89. The van der Waals surface area contributed by atoms with Crippen LogP contribution in [0.5, 0.6) is 0 Å². The fraction of sp³-hybridized carbons (Fsp3) is 0.769. The predicted molar refractivity (Wildman–Crippen MR) is 66.2 cm³/mol. The Morgan fingerprint density at radius 3 is 2.50 bits per heavy atom. The Bertz CT molecular complexity index is 336. The number of hydrogen-bond donors (Lipinski definition) is 1. The smallest absolute Gasteiger partial charge is 0.0956 e. The third-order valence-corrected chi connectivity index (χ3v) is 2.84. The van der Waals surface area contributed by atoms with Gasteiger partial charge in [0.1, 0.15) is 0 Å². The SMILES string of the molecule is CCc1cc(C(O)CCC(C)(C)C)n(C)n1. The van der Waals surface area contributed by atoms with Crippen LogP contribution in [0.15, 0.2) is 6.07 Å². The lowest BCUT2D eigenvalue weighted by Crippen LogP contribution is -2.10. The number of aliphatic hydroxyl groups excluding tert-OH is 1. The number of nitrogens with zero attached hydrogens (tertiary/aromatic N) is 2. The summed E-state index contributed by atoms with van der Waals surface area (Å²) in [4.78, 5) is 0. The molecule has 92 valence electrons. The molecule has 0 fully saturated rings. The molecule has 0 aliphatic carbocycles. The Hall–Kier alpha value is -0.830. The minimum absolute atomic E-state index is 0.271. The fourth-order valence-corrected chi connectivity index (χ4v) is 1.75. The first-order chi connectivity index (χ1) is 7.33. The van der Waals surface area contributed by atoms with Crippen molar-refractivity contribution in [2.24, 2.45) is 12.5 Å². The second-order valence-corrected chi connectivity index (χ2v) is 5.65. The number of hydrogen-bond acceptors (Lipinski definition) is 2. The molecular formula is C13H24N2O. The van der Waals surface area contributed by atoms with Crippen molar-refractivity contribution in [2.75, 3.05) is 0 Å². The maximum atomic E-state index is 10.1. The Labute approximate surface area is 98.5 Å². The van der Waals surface area contributed by atoms with Gasteiger partial charge in [-0.05, 0) is 30.7 Å². The van der Waals surface area contributed by atoms with Crippen LogP contribution in [0.4, 0.5) is 0 Å². The topological polar surface area (TPSA) is 38.0 Å². The van der Waals surface area contributed by atoms with E-state index in [4.69, 9.17) is 0 Å². The second-order valence-electron chi connectivity index (χ2n) is 5.65. The van der Waals surface area contributed by atoms with Gasteiger partial charge in [-0.15, -0.1) is 0 Å². The van der Waals surface area contributed by atoms with Crippen molar-refractivity contribution >= 4 is 0 Å². The summed E-state index contributed by atoms with van der Waals surface area (Å²) < 4.78 is 1.80. The normalized spacial score (nSPS) is 14.1. The van der Waals surface area contributed by atoms with Crippen LogP contribution in [0, 0.1) is 5.41 Å². The van der Waals surface area contributed by atoms with Crippen LogP contribution in [-0.2, 0) is 13.5 Å². The monoisotopic (exact) mass is 224 g/mol. The molecule has 1 aromatic rings. The summed E-state index contributed by atoms with van der Waals surface area (Å²) >= 11 is 0. The average molecular weight is 224 g/mol. The molecular weight excluding hydrogens is 200 g/mol. The lowest BCUT2D eigenvalue weighted by molar-refractivity contribution is 0.139. The summed E-state index contributed by atoms with van der Waals surface area (Å²) in [6.45, 7) is 8.66. The van der Waals surface area contributed by atoms with Crippen molar-refractivity contribution in [1.29, 1.82) is 0 Å². The Morgan fingerprint density at radius 1 is 1.44 bits per heavy atom. The van der Waals surface area contributed by atoms with Crippen molar-refractivity contribution in [3.63, 3.8) is 0 Å². The predicted octanol–water partition coefficient (Wildman–Crippen LogP) is 2.84. The zero-order chi connectivity index (χ0) is 12.3. The van der Waals surface area contributed by atoms with E-state index in [0.717, 1.165) is 30.7 Å². The van der Waals surface area contributed by atoms with E-state index >= 15 is 0 Å². The molecule has 1 unspecified atom stereocenters. The molecule has 0 aromatic carbocycles. The van der Waals surface area contributed by atoms with Gasteiger partial charge in [-0.1, -0.05) is 27.7 Å². The molecule has 0 saturated carbocycles. The lowest BCUT2D eigenvalue weighted by Gasteiger charge is -2.20. The van der Waals surface area contributed by atoms with Crippen LogP contribution in [0.1, 0.15) is 58.0 Å². The zero-order valence-electron chi connectivity index (χ0n) is 11.1.